The molecule has 0 fully saturated rings. The van der Waals surface area contributed by atoms with Gasteiger partial charge in [-0.1, -0.05) is 140 Å². The number of nitrogens with zero attached hydrogens (tertiary/aromatic N) is 4. The van der Waals surface area contributed by atoms with E-state index >= 15 is 0 Å². The lowest BCUT2D eigenvalue weighted by Crippen LogP contribution is -2.60. The second-order valence-electron chi connectivity index (χ2n) is 18.7. The molecule has 0 unspecified atom stereocenters. The van der Waals surface area contributed by atoms with Gasteiger partial charge in [-0.05, 0) is 99.5 Å². The maximum Gasteiger partial charge on any atom is 0.256 e. The van der Waals surface area contributed by atoms with Crippen molar-refractivity contribution in [2.75, 3.05) is 4.90 Å². The zero-order chi connectivity index (χ0) is 43.2. The van der Waals surface area contributed by atoms with Gasteiger partial charge in [0.2, 0.25) is 0 Å². The average Bonchev–Trinajstić information content (AvgIpc) is 4.04. The first-order chi connectivity index (χ1) is 33.3. The fraction of sp³-hybridized carbons (Fsp3) is 0. The summed E-state index contributed by atoms with van der Waals surface area (Å²) in [6, 6.07) is 76.5. The van der Waals surface area contributed by atoms with Gasteiger partial charge in [-0.3, -0.25) is 0 Å². The molecule has 0 radical (unpaired) electrons. The molecule has 306 valence electrons. The van der Waals surface area contributed by atoms with Gasteiger partial charge < -0.3 is 23.3 Å². The molecule has 0 bridgehead atoms. The molecule has 13 aromatic rings. The molecule has 10 aromatic carbocycles. The Kier molecular flexibility index (Phi) is 6.30. The monoisotopic (exact) mass is 848 g/mol. The van der Waals surface area contributed by atoms with Crippen molar-refractivity contribution in [3.05, 3.63) is 206 Å². The van der Waals surface area contributed by atoms with Crippen LogP contribution in [0, 0.1) is 0 Å². The summed E-state index contributed by atoms with van der Waals surface area (Å²) in [5.41, 5.74) is 22.3. The minimum Gasteiger partial charge on any atom is -0.458 e. The molecule has 0 amide bonds. The Bertz CT molecular complexity index is 4390. The van der Waals surface area contributed by atoms with E-state index < -0.39 is 0 Å². The van der Waals surface area contributed by atoms with Gasteiger partial charge in [0.1, 0.15) is 11.5 Å². The SMILES string of the molecule is c1ccc(N2c3ccccc3B3c4c2cccc4-n2c4c3cccc4c3c4c(c5ccccc5n4-c4ccccc4)c4c(c5cccc6c5n4-c4cccc5c4B6c4ccccc4O5)c32)cc1. The van der Waals surface area contributed by atoms with Crippen LogP contribution in [0.15, 0.2) is 206 Å². The fourth-order valence-electron chi connectivity index (χ4n) is 13.3. The van der Waals surface area contributed by atoms with Crippen LogP contribution in [0.25, 0.3) is 82.5 Å². The molecule has 0 saturated carbocycles. The lowest BCUT2D eigenvalue weighted by molar-refractivity contribution is 0.487. The van der Waals surface area contributed by atoms with Crippen LogP contribution in [0.5, 0.6) is 11.5 Å². The summed E-state index contributed by atoms with van der Waals surface area (Å²) in [6.07, 6.45) is 0. The standard InChI is InChI=1S/C60H34B2N4O/c1-3-17-35(18-4-1)63-45-29-11-8-24-40(45)61-42-26-13-22-38-52-58-51(37-21-7-10-28-44(37)64(58)36-19-5-2-6-20-36)59-53(60(52)65(56(38)42)47-31-15-30-46(63)54(47)61)39-23-14-27-43-57(39)66(59)48-32-16-34-50-55(48)62(43)41-25-9-12-33-49(41)67-50/h1-34H. The maximum absolute atomic E-state index is 6.83. The Morgan fingerprint density at radius 2 is 0.776 bits per heavy atom. The summed E-state index contributed by atoms with van der Waals surface area (Å²) < 4.78 is 14.7. The van der Waals surface area contributed by atoms with E-state index in [-0.39, 0.29) is 13.4 Å². The highest BCUT2D eigenvalue weighted by Gasteiger charge is 2.44. The van der Waals surface area contributed by atoms with Gasteiger partial charge in [0.15, 0.2) is 0 Å². The van der Waals surface area contributed by atoms with Gasteiger partial charge in [-0.15, -0.1) is 0 Å². The van der Waals surface area contributed by atoms with E-state index in [4.69, 9.17) is 4.74 Å². The van der Waals surface area contributed by atoms with E-state index in [9.17, 15) is 0 Å². The first-order valence-electron chi connectivity index (χ1n) is 23.4. The second kappa shape index (κ2) is 12.2. The zero-order valence-electron chi connectivity index (χ0n) is 36.0. The van der Waals surface area contributed by atoms with E-state index in [0.717, 1.165) is 22.9 Å². The van der Waals surface area contributed by atoms with E-state index in [2.05, 4.69) is 225 Å². The van der Waals surface area contributed by atoms with Crippen molar-refractivity contribution in [3.63, 3.8) is 0 Å². The van der Waals surface area contributed by atoms with E-state index in [1.807, 2.05) is 0 Å². The topological polar surface area (TPSA) is 27.3 Å². The van der Waals surface area contributed by atoms with E-state index in [0.29, 0.717) is 0 Å². The van der Waals surface area contributed by atoms with Gasteiger partial charge in [0.05, 0.1) is 22.1 Å². The number of fused-ring (bicyclic) bond motifs is 20. The molecule has 3 aromatic heterocycles. The smallest absolute Gasteiger partial charge is 0.256 e. The highest BCUT2D eigenvalue weighted by Crippen LogP contribution is 2.52. The summed E-state index contributed by atoms with van der Waals surface area (Å²) >= 11 is 0. The van der Waals surface area contributed by atoms with Gasteiger partial charge in [-0.25, -0.2) is 0 Å². The first-order valence-corrected chi connectivity index (χ1v) is 23.4. The van der Waals surface area contributed by atoms with Crippen molar-refractivity contribution in [2.24, 2.45) is 0 Å². The highest BCUT2D eigenvalue weighted by atomic mass is 16.5. The molecule has 0 N–H and O–H groups in total. The molecule has 5 nitrogen and oxygen atoms in total. The molecule has 0 aliphatic carbocycles. The molecule has 17 rings (SSSR count). The Morgan fingerprint density at radius 3 is 1.52 bits per heavy atom. The van der Waals surface area contributed by atoms with Crippen molar-refractivity contribution in [1.82, 2.24) is 13.7 Å². The van der Waals surface area contributed by atoms with Crippen molar-refractivity contribution in [3.8, 4) is 28.6 Å². The quantitative estimate of drug-likeness (QED) is 0.162. The van der Waals surface area contributed by atoms with Crippen LogP contribution in [0.4, 0.5) is 17.1 Å². The number of aromatic nitrogens is 3. The van der Waals surface area contributed by atoms with Crippen LogP contribution in [-0.4, -0.2) is 27.1 Å². The third-order valence-corrected chi connectivity index (χ3v) is 15.6. The van der Waals surface area contributed by atoms with Crippen molar-refractivity contribution >= 4 is 129 Å². The average molecular weight is 849 g/mol. The summed E-state index contributed by atoms with van der Waals surface area (Å²) in [4.78, 5) is 2.49. The summed E-state index contributed by atoms with van der Waals surface area (Å²) in [5.74, 6) is 1.85. The van der Waals surface area contributed by atoms with Crippen LogP contribution in [0.2, 0.25) is 0 Å². The number of para-hydroxylation sites is 7. The van der Waals surface area contributed by atoms with Crippen molar-refractivity contribution in [2.45, 2.75) is 0 Å². The Morgan fingerprint density at radius 1 is 0.299 bits per heavy atom. The van der Waals surface area contributed by atoms with Crippen LogP contribution in [0.3, 0.4) is 0 Å². The molecule has 67 heavy (non-hydrogen) atoms. The van der Waals surface area contributed by atoms with Crippen molar-refractivity contribution < 1.29 is 4.74 Å². The molecule has 0 saturated heterocycles. The third-order valence-electron chi connectivity index (χ3n) is 15.6. The molecule has 7 heterocycles. The molecular formula is C60H34B2N4O. The van der Waals surface area contributed by atoms with Gasteiger partial charge in [-0.2, -0.15) is 0 Å². The second-order valence-corrected chi connectivity index (χ2v) is 18.7. The van der Waals surface area contributed by atoms with Gasteiger partial charge >= 0.3 is 0 Å². The summed E-state index contributed by atoms with van der Waals surface area (Å²) in [7, 11) is 0. The van der Waals surface area contributed by atoms with Crippen LogP contribution in [0.1, 0.15) is 0 Å². The Labute approximate surface area is 385 Å². The summed E-state index contributed by atoms with van der Waals surface area (Å²) in [6.45, 7) is 0.0622. The fourth-order valence-corrected chi connectivity index (χ4v) is 13.3. The zero-order valence-corrected chi connectivity index (χ0v) is 36.0. The predicted molar refractivity (Wildman–Crippen MR) is 280 cm³/mol. The number of benzene rings is 10. The minimum atomic E-state index is 0.0237. The Balaban J connectivity index is 1.15. The van der Waals surface area contributed by atoms with Gasteiger partial charge in [0, 0.05) is 77.5 Å². The summed E-state index contributed by atoms with van der Waals surface area (Å²) in [5, 5.41) is 7.58. The third kappa shape index (κ3) is 4.04. The molecule has 0 spiro atoms. The maximum atomic E-state index is 6.83. The number of hydrogen-bond donors (Lipinski definition) is 0. The molecule has 4 aliphatic heterocycles. The molecule has 0 atom stereocenters. The van der Waals surface area contributed by atoms with Crippen LogP contribution in [-0.2, 0) is 0 Å². The molecule has 4 aliphatic rings. The lowest BCUT2D eigenvalue weighted by atomic mass is 9.34. The van der Waals surface area contributed by atoms with Gasteiger partial charge in [0.25, 0.3) is 13.4 Å². The number of ether oxygens (including phenoxy) is 1. The van der Waals surface area contributed by atoms with E-state index in [1.54, 1.807) is 0 Å². The molecular weight excluding hydrogens is 814 g/mol. The minimum absolute atomic E-state index is 0.0237. The number of hydrogen-bond acceptors (Lipinski definition) is 2. The van der Waals surface area contributed by atoms with Crippen LogP contribution >= 0.6 is 0 Å². The molecule has 7 heteroatoms. The lowest BCUT2D eigenvalue weighted by Gasteiger charge is -2.40. The Hall–Kier alpha value is -8.67. The normalized spacial score (nSPS) is 13.7. The number of anilines is 3. The largest absolute Gasteiger partial charge is 0.458 e. The predicted octanol–water partition coefficient (Wildman–Crippen LogP) is 10.5. The highest BCUT2D eigenvalue weighted by molar-refractivity contribution is 7.01. The van der Waals surface area contributed by atoms with Crippen LogP contribution < -0.4 is 42.4 Å². The van der Waals surface area contributed by atoms with Crippen molar-refractivity contribution in [1.29, 1.82) is 0 Å². The van der Waals surface area contributed by atoms with E-state index in [1.165, 1.54) is 121 Å². The number of rotatable bonds is 2. The first kappa shape index (κ1) is 34.7.